The minimum absolute atomic E-state index is 0.0310. The smallest absolute Gasteiger partial charge is 0.226 e. The van der Waals surface area contributed by atoms with Crippen LogP contribution in [0.4, 0.5) is 0 Å². The number of amides is 1. The Bertz CT molecular complexity index is 432. The van der Waals surface area contributed by atoms with Crippen LogP contribution in [0.15, 0.2) is 0 Å². The molecule has 1 aliphatic rings. The van der Waals surface area contributed by atoms with E-state index in [-0.39, 0.29) is 23.0 Å². The van der Waals surface area contributed by atoms with Crippen molar-refractivity contribution in [2.24, 2.45) is 22.2 Å². The van der Waals surface area contributed by atoms with Gasteiger partial charge in [-0.2, -0.15) is 0 Å². The molecule has 1 amide bonds. The van der Waals surface area contributed by atoms with Gasteiger partial charge >= 0.3 is 0 Å². The summed E-state index contributed by atoms with van der Waals surface area (Å²) in [6, 6.07) is 0. The van der Waals surface area contributed by atoms with Gasteiger partial charge in [-0.3, -0.25) is 9.59 Å². The molecule has 0 aliphatic heterocycles. The van der Waals surface area contributed by atoms with Gasteiger partial charge in [0.25, 0.3) is 0 Å². The molecule has 2 atom stereocenters. The zero-order valence-corrected chi connectivity index (χ0v) is 15.3. The maximum absolute atomic E-state index is 12.9. The number of nitrogens with one attached hydrogen (secondary N) is 1. The van der Waals surface area contributed by atoms with Crippen LogP contribution in [-0.4, -0.2) is 17.2 Å². The Morgan fingerprint density at radius 2 is 1.43 bits per heavy atom. The van der Waals surface area contributed by atoms with E-state index >= 15 is 0 Å². The highest BCUT2D eigenvalue weighted by Gasteiger charge is 2.63. The van der Waals surface area contributed by atoms with Gasteiger partial charge < -0.3 is 5.32 Å². The van der Waals surface area contributed by atoms with Crippen molar-refractivity contribution < 1.29 is 9.59 Å². The summed E-state index contributed by atoms with van der Waals surface area (Å²) in [4.78, 5) is 25.3. The van der Waals surface area contributed by atoms with Crippen molar-refractivity contribution in [1.29, 1.82) is 0 Å². The van der Waals surface area contributed by atoms with E-state index in [9.17, 15) is 9.59 Å². The molecule has 122 valence electrons. The Morgan fingerprint density at radius 1 is 0.952 bits per heavy atom. The molecular formula is C18H33NO2. The van der Waals surface area contributed by atoms with Gasteiger partial charge in [0, 0.05) is 10.8 Å². The van der Waals surface area contributed by atoms with Crippen LogP contribution >= 0.6 is 0 Å². The normalized spacial score (nSPS) is 26.4. The van der Waals surface area contributed by atoms with Crippen LogP contribution in [0.2, 0.25) is 0 Å². The average molecular weight is 295 g/mol. The lowest BCUT2D eigenvalue weighted by molar-refractivity contribution is -0.137. The highest BCUT2D eigenvalue weighted by molar-refractivity contribution is 6.00. The maximum Gasteiger partial charge on any atom is 0.226 e. The van der Waals surface area contributed by atoms with Crippen LogP contribution < -0.4 is 5.32 Å². The van der Waals surface area contributed by atoms with Crippen LogP contribution in [-0.2, 0) is 9.59 Å². The summed E-state index contributed by atoms with van der Waals surface area (Å²) in [6.45, 7) is 18.0. The van der Waals surface area contributed by atoms with Crippen molar-refractivity contribution in [2.45, 2.75) is 80.7 Å². The monoisotopic (exact) mass is 295 g/mol. The molecule has 1 N–H and O–H groups in total. The number of rotatable bonds is 3. The van der Waals surface area contributed by atoms with Gasteiger partial charge in [0.1, 0.15) is 5.54 Å². The second kappa shape index (κ2) is 5.10. The Kier molecular flexibility index (Phi) is 4.42. The van der Waals surface area contributed by atoms with Crippen molar-refractivity contribution in [1.82, 2.24) is 5.32 Å². The molecular weight excluding hydrogens is 262 g/mol. The van der Waals surface area contributed by atoms with Gasteiger partial charge in [-0.15, -0.1) is 0 Å². The summed E-state index contributed by atoms with van der Waals surface area (Å²) in [5.41, 5.74) is -1.38. The first kappa shape index (κ1) is 18.2. The third kappa shape index (κ3) is 4.31. The molecule has 0 aromatic heterocycles. The number of ketones is 1. The summed E-state index contributed by atoms with van der Waals surface area (Å²) in [7, 11) is 0. The first-order valence-corrected chi connectivity index (χ1v) is 7.97. The molecule has 21 heavy (non-hydrogen) atoms. The molecule has 1 fully saturated rings. The lowest BCUT2D eigenvalue weighted by atomic mass is 9.80. The Labute approximate surface area is 130 Å². The first-order valence-electron chi connectivity index (χ1n) is 7.97. The van der Waals surface area contributed by atoms with E-state index in [1.165, 1.54) is 0 Å². The lowest BCUT2D eigenvalue weighted by Gasteiger charge is -2.30. The quantitative estimate of drug-likeness (QED) is 0.856. The summed E-state index contributed by atoms with van der Waals surface area (Å²) >= 11 is 0. The predicted molar refractivity (Wildman–Crippen MR) is 87.0 cm³/mol. The molecule has 0 radical (unpaired) electrons. The lowest BCUT2D eigenvalue weighted by Crippen LogP contribution is -2.52. The fourth-order valence-corrected chi connectivity index (χ4v) is 2.86. The minimum Gasteiger partial charge on any atom is -0.343 e. The highest BCUT2D eigenvalue weighted by Crippen LogP contribution is 2.53. The number of hydrogen-bond donors (Lipinski definition) is 1. The van der Waals surface area contributed by atoms with Gasteiger partial charge in [-0.05, 0) is 24.2 Å². The minimum atomic E-state index is -0.643. The third-order valence-corrected chi connectivity index (χ3v) is 4.07. The van der Waals surface area contributed by atoms with Crippen molar-refractivity contribution in [3.63, 3.8) is 0 Å². The van der Waals surface area contributed by atoms with Gasteiger partial charge in [-0.1, -0.05) is 62.3 Å². The summed E-state index contributed by atoms with van der Waals surface area (Å²) in [5, 5.41) is 3.10. The molecule has 3 heteroatoms. The fraction of sp³-hybridized carbons (Fsp3) is 0.889. The molecule has 0 aromatic carbocycles. The number of carbonyl (C=O) groups excluding carboxylic acids is 2. The Morgan fingerprint density at radius 3 is 1.76 bits per heavy atom. The van der Waals surface area contributed by atoms with Crippen molar-refractivity contribution in [3.05, 3.63) is 0 Å². The largest absolute Gasteiger partial charge is 0.343 e. The van der Waals surface area contributed by atoms with E-state index in [2.05, 4.69) is 26.1 Å². The summed E-state index contributed by atoms with van der Waals surface area (Å²) in [5.74, 6) is 0.397. The molecule has 0 aromatic rings. The van der Waals surface area contributed by atoms with Crippen molar-refractivity contribution in [2.75, 3.05) is 0 Å². The van der Waals surface area contributed by atoms with Gasteiger partial charge in [0.05, 0.1) is 0 Å². The molecule has 3 nitrogen and oxygen atoms in total. The van der Waals surface area contributed by atoms with Crippen molar-refractivity contribution >= 4 is 11.7 Å². The Balaban J connectivity index is 3.00. The number of Topliss-reactive ketones (excluding diaryl/α,β-unsaturated/α-hetero) is 1. The highest BCUT2D eigenvalue weighted by atomic mass is 16.2. The summed E-state index contributed by atoms with van der Waals surface area (Å²) in [6.07, 6.45) is 1.74. The van der Waals surface area contributed by atoms with E-state index < -0.39 is 16.4 Å². The molecule has 1 saturated carbocycles. The SMILES string of the molecule is CC(C)(C)C[C@@H]1C[C@]1(NC(=O)C(C)(C)C)C(=O)C(C)(C)C. The number of hydrogen-bond acceptors (Lipinski definition) is 2. The van der Waals surface area contributed by atoms with E-state index in [0.717, 1.165) is 12.8 Å². The topological polar surface area (TPSA) is 46.2 Å². The molecule has 1 aliphatic carbocycles. The number of carbonyl (C=O) groups is 2. The van der Waals surface area contributed by atoms with Crippen molar-refractivity contribution in [3.8, 4) is 0 Å². The molecule has 0 saturated heterocycles. The fourth-order valence-electron chi connectivity index (χ4n) is 2.86. The average Bonchev–Trinajstić information content (AvgIpc) is 2.85. The van der Waals surface area contributed by atoms with Crippen LogP contribution in [0.1, 0.15) is 75.2 Å². The zero-order chi connectivity index (χ0) is 16.9. The second-order valence-electron chi connectivity index (χ2n) is 9.92. The second-order valence-corrected chi connectivity index (χ2v) is 9.92. The van der Waals surface area contributed by atoms with Crippen LogP contribution in [0.25, 0.3) is 0 Å². The molecule has 0 heterocycles. The molecule has 0 bridgehead atoms. The van der Waals surface area contributed by atoms with Gasteiger partial charge in [0.2, 0.25) is 5.91 Å². The maximum atomic E-state index is 12.9. The summed E-state index contributed by atoms with van der Waals surface area (Å²) < 4.78 is 0. The van der Waals surface area contributed by atoms with E-state index in [1.807, 2.05) is 41.5 Å². The van der Waals surface area contributed by atoms with Crippen LogP contribution in [0.3, 0.4) is 0 Å². The first-order chi connectivity index (χ1) is 9.09. The zero-order valence-electron chi connectivity index (χ0n) is 15.3. The predicted octanol–water partition coefficient (Wildman–Crippen LogP) is 3.96. The molecule has 0 unspecified atom stereocenters. The van der Waals surface area contributed by atoms with Crippen LogP contribution in [0, 0.1) is 22.2 Å². The molecule has 0 spiro atoms. The third-order valence-electron chi connectivity index (χ3n) is 4.07. The van der Waals surface area contributed by atoms with Crippen LogP contribution in [0.5, 0.6) is 0 Å². The van der Waals surface area contributed by atoms with E-state index in [4.69, 9.17) is 0 Å². The standard InChI is InChI=1S/C18H33NO2/c1-15(2,3)10-12-11-18(12,13(20)16(4,5)6)19-14(21)17(7,8)9/h12H,10-11H2,1-9H3,(H,19,21)/t12-,18-/m1/s1. The van der Waals surface area contributed by atoms with Gasteiger partial charge in [0.15, 0.2) is 5.78 Å². The molecule has 1 rings (SSSR count). The van der Waals surface area contributed by atoms with E-state index in [0.29, 0.717) is 0 Å². The van der Waals surface area contributed by atoms with E-state index in [1.54, 1.807) is 0 Å². The van der Waals surface area contributed by atoms with Gasteiger partial charge in [-0.25, -0.2) is 0 Å². The Hall–Kier alpha value is -0.860.